The maximum absolute atomic E-state index is 12.4. The number of hydrogen-bond acceptors (Lipinski definition) is 11. The summed E-state index contributed by atoms with van der Waals surface area (Å²) >= 11 is 0. The number of aliphatic hydroxyl groups is 4. The average molecular weight is 491 g/mol. The minimum Gasteiger partial charge on any atom is -0.394 e. The minimum absolute atomic E-state index is 0.0703. The van der Waals surface area contributed by atoms with Gasteiger partial charge in [0.2, 0.25) is 0 Å². The maximum Gasteiger partial charge on any atom is 0.349 e. The zero-order chi connectivity index (χ0) is 25.1. The van der Waals surface area contributed by atoms with Gasteiger partial charge in [0.05, 0.1) is 37.4 Å². The van der Waals surface area contributed by atoms with Crippen LogP contribution in [0.2, 0.25) is 0 Å². The molecule has 1 fully saturated rings. The first kappa shape index (κ1) is 25.2. The lowest BCUT2D eigenvalue weighted by Gasteiger charge is -2.27. The van der Waals surface area contributed by atoms with E-state index in [1.54, 1.807) is 12.1 Å². The number of anilines is 1. The van der Waals surface area contributed by atoms with Gasteiger partial charge in [-0.15, -0.1) is 0 Å². The van der Waals surface area contributed by atoms with E-state index >= 15 is 0 Å². The molecule has 13 heteroatoms. The molecule has 190 valence electrons. The molecule has 6 N–H and O–H groups in total. The van der Waals surface area contributed by atoms with Crippen molar-refractivity contribution >= 4 is 16.7 Å². The van der Waals surface area contributed by atoms with E-state index in [1.165, 1.54) is 4.57 Å². The molecule has 0 spiro atoms. The Balaban J connectivity index is 1.74. The zero-order valence-electron chi connectivity index (χ0n) is 19.3. The van der Waals surface area contributed by atoms with Gasteiger partial charge >= 0.3 is 5.69 Å². The Bertz CT molecular complexity index is 1260. The lowest BCUT2D eigenvalue weighted by molar-refractivity contribution is -0.0802. The molecule has 35 heavy (non-hydrogen) atoms. The highest BCUT2D eigenvalue weighted by Crippen LogP contribution is 2.27. The molecular weight excluding hydrogens is 460 g/mol. The molecule has 1 aromatic rings. The van der Waals surface area contributed by atoms with Gasteiger partial charge in [0.25, 0.3) is 5.56 Å². The number of aromatic nitrogens is 4. The number of morpholine rings is 1. The second-order valence-corrected chi connectivity index (χ2v) is 8.61. The highest BCUT2D eigenvalue weighted by molar-refractivity contribution is 5.84. The van der Waals surface area contributed by atoms with E-state index < -0.39 is 36.2 Å². The van der Waals surface area contributed by atoms with Crippen molar-refractivity contribution in [3.05, 3.63) is 38.5 Å². The molecule has 0 aromatic heterocycles. The summed E-state index contributed by atoms with van der Waals surface area (Å²) in [6.45, 7) is 5.46. The van der Waals surface area contributed by atoms with Crippen LogP contribution in [0.15, 0.2) is 21.7 Å². The van der Waals surface area contributed by atoms with Gasteiger partial charge in [-0.05, 0) is 24.6 Å². The molecule has 13 nitrogen and oxygen atoms in total. The van der Waals surface area contributed by atoms with Gasteiger partial charge < -0.3 is 35.0 Å². The second kappa shape index (κ2) is 10.8. The SMILES string of the molecule is Cc1cc2nc3c(=O)[nH]c(=O)nc-3n(C[C@H](O)[C@H](O)[C@H](O)CO)c2cc1NCCN1CCOCC1. The van der Waals surface area contributed by atoms with E-state index in [0.29, 0.717) is 30.8 Å². The van der Waals surface area contributed by atoms with Crippen molar-refractivity contribution in [1.29, 1.82) is 0 Å². The van der Waals surface area contributed by atoms with Crippen LogP contribution in [0.1, 0.15) is 5.56 Å². The van der Waals surface area contributed by atoms with Gasteiger partial charge in [-0.1, -0.05) is 0 Å². The zero-order valence-corrected chi connectivity index (χ0v) is 19.3. The smallest absolute Gasteiger partial charge is 0.349 e. The van der Waals surface area contributed by atoms with Gasteiger partial charge in [0.1, 0.15) is 18.3 Å². The standard InChI is InChI=1S/C22H30N6O7/c1-12-8-14-15(9-13(12)23-2-3-27-4-6-35-7-5-27)28(10-16(30)19(32)17(31)11-29)20-18(24-14)21(33)26-22(34)25-20/h8-9,16-17,19,23,29-32H,2-7,10-11H2,1H3,(H,26,33,34)/t16-,17+,19-/m0/s1. The fourth-order valence-corrected chi connectivity index (χ4v) is 4.15. The molecule has 0 saturated carbocycles. The van der Waals surface area contributed by atoms with E-state index in [9.17, 15) is 24.9 Å². The van der Waals surface area contributed by atoms with Gasteiger partial charge in [0, 0.05) is 31.9 Å². The molecular formula is C22H30N6O7. The summed E-state index contributed by atoms with van der Waals surface area (Å²) in [6, 6.07) is 3.56. The largest absolute Gasteiger partial charge is 0.394 e. The quantitative estimate of drug-likeness (QED) is 0.177. The van der Waals surface area contributed by atoms with Crippen molar-refractivity contribution in [3.8, 4) is 11.5 Å². The van der Waals surface area contributed by atoms with Crippen LogP contribution in [-0.2, 0) is 11.3 Å². The number of ether oxygens (including phenoxy) is 1. The Labute approximate surface area is 200 Å². The third-order valence-corrected chi connectivity index (χ3v) is 6.15. The van der Waals surface area contributed by atoms with Crippen LogP contribution in [0.25, 0.3) is 22.6 Å². The second-order valence-electron chi connectivity index (χ2n) is 8.61. The van der Waals surface area contributed by atoms with Crippen molar-refractivity contribution in [3.63, 3.8) is 0 Å². The predicted molar refractivity (Wildman–Crippen MR) is 127 cm³/mol. The fourth-order valence-electron chi connectivity index (χ4n) is 4.15. The normalized spacial score (nSPS) is 17.5. The van der Waals surface area contributed by atoms with Crippen LogP contribution in [0.5, 0.6) is 0 Å². The number of nitrogens with one attached hydrogen (secondary N) is 2. The molecule has 3 atom stereocenters. The summed E-state index contributed by atoms with van der Waals surface area (Å²) < 4.78 is 6.79. The van der Waals surface area contributed by atoms with Crippen LogP contribution in [-0.4, -0.2) is 109 Å². The molecule has 0 radical (unpaired) electrons. The Morgan fingerprint density at radius 3 is 2.60 bits per heavy atom. The first-order valence-electron chi connectivity index (χ1n) is 11.4. The summed E-state index contributed by atoms with van der Waals surface area (Å²) in [4.78, 5) is 37.0. The van der Waals surface area contributed by atoms with Gasteiger partial charge in [0.15, 0.2) is 11.5 Å². The lowest BCUT2D eigenvalue weighted by atomic mass is 10.1. The molecule has 0 amide bonds. The van der Waals surface area contributed by atoms with Gasteiger partial charge in [-0.25, -0.2) is 9.78 Å². The first-order chi connectivity index (χ1) is 16.8. The fraction of sp³-hybridized carbons (Fsp3) is 0.545. The Morgan fingerprint density at radius 2 is 1.89 bits per heavy atom. The number of rotatable bonds is 9. The van der Waals surface area contributed by atoms with Crippen LogP contribution in [0, 0.1) is 6.92 Å². The first-order valence-corrected chi connectivity index (χ1v) is 11.4. The molecule has 4 rings (SSSR count). The number of fused-ring (bicyclic) bond motifs is 2. The minimum atomic E-state index is -1.67. The van der Waals surface area contributed by atoms with E-state index in [-0.39, 0.29) is 18.1 Å². The van der Waals surface area contributed by atoms with Crippen molar-refractivity contribution in [2.24, 2.45) is 0 Å². The molecule has 3 aliphatic heterocycles. The Morgan fingerprint density at radius 1 is 1.14 bits per heavy atom. The van der Waals surface area contributed by atoms with E-state index in [4.69, 9.17) is 9.84 Å². The summed E-state index contributed by atoms with van der Waals surface area (Å²) in [5.41, 5.74) is 0.833. The molecule has 0 aliphatic carbocycles. The molecule has 0 bridgehead atoms. The van der Waals surface area contributed by atoms with Crippen molar-refractivity contribution < 1.29 is 25.2 Å². The highest BCUT2D eigenvalue weighted by Gasteiger charge is 2.27. The highest BCUT2D eigenvalue weighted by atomic mass is 16.5. The monoisotopic (exact) mass is 490 g/mol. The Kier molecular flexibility index (Phi) is 7.74. The number of nitrogens with zero attached hydrogens (tertiary/aromatic N) is 4. The third kappa shape index (κ3) is 5.50. The molecule has 1 aromatic carbocycles. The summed E-state index contributed by atoms with van der Waals surface area (Å²) in [5.74, 6) is -0.0703. The molecule has 1 saturated heterocycles. The topological polar surface area (TPSA) is 186 Å². The van der Waals surface area contributed by atoms with Crippen LogP contribution in [0.4, 0.5) is 5.69 Å². The van der Waals surface area contributed by atoms with Crippen LogP contribution >= 0.6 is 0 Å². The van der Waals surface area contributed by atoms with Gasteiger partial charge in [-0.2, -0.15) is 4.98 Å². The number of benzene rings is 1. The average Bonchev–Trinajstić information content (AvgIpc) is 2.84. The van der Waals surface area contributed by atoms with Crippen molar-refractivity contribution in [2.45, 2.75) is 31.8 Å². The van der Waals surface area contributed by atoms with E-state index in [0.717, 1.165) is 30.9 Å². The van der Waals surface area contributed by atoms with E-state index in [1.807, 2.05) is 6.92 Å². The number of aryl methyl sites for hydroxylation is 1. The maximum atomic E-state index is 12.4. The Hall–Kier alpha value is -2.94. The summed E-state index contributed by atoms with van der Waals surface area (Å²) in [7, 11) is 0. The van der Waals surface area contributed by atoms with Crippen LogP contribution in [0.3, 0.4) is 0 Å². The molecule has 3 aliphatic rings. The molecule has 0 unspecified atom stereocenters. The number of aliphatic hydroxyl groups excluding tert-OH is 4. The predicted octanol–water partition coefficient (Wildman–Crippen LogP) is -2.29. The van der Waals surface area contributed by atoms with Crippen molar-refractivity contribution in [2.75, 3.05) is 51.3 Å². The van der Waals surface area contributed by atoms with Crippen molar-refractivity contribution in [1.82, 2.24) is 24.4 Å². The lowest BCUT2D eigenvalue weighted by Crippen LogP contribution is -2.42. The van der Waals surface area contributed by atoms with Gasteiger partial charge in [-0.3, -0.25) is 14.7 Å². The summed E-state index contributed by atoms with van der Waals surface area (Å²) in [6.07, 6.45) is -4.78. The number of H-pyrrole nitrogens is 1. The third-order valence-electron chi connectivity index (χ3n) is 6.15. The number of hydrogen-bond donors (Lipinski definition) is 6. The van der Waals surface area contributed by atoms with E-state index in [2.05, 4.69) is 25.2 Å². The van der Waals surface area contributed by atoms with Crippen LogP contribution < -0.4 is 16.6 Å². The summed E-state index contributed by atoms with van der Waals surface area (Å²) in [5, 5.41) is 43.0. The number of aromatic amines is 1. The molecule has 3 heterocycles.